The van der Waals surface area contributed by atoms with Gasteiger partial charge >= 0.3 is 0 Å². The van der Waals surface area contributed by atoms with E-state index in [1.165, 1.54) is 5.56 Å². The number of rotatable bonds is 5. The smallest absolute Gasteiger partial charge is 0.0384 e. The summed E-state index contributed by atoms with van der Waals surface area (Å²) >= 11 is 0. The molecule has 0 spiro atoms. The van der Waals surface area contributed by atoms with Crippen molar-refractivity contribution < 1.29 is 0 Å². The normalized spacial score (nSPS) is 11.7. The summed E-state index contributed by atoms with van der Waals surface area (Å²) in [6.07, 6.45) is 7.34. The van der Waals surface area contributed by atoms with Crippen molar-refractivity contribution in [1.29, 1.82) is 0 Å². The van der Waals surface area contributed by atoms with Gasteiger partial charge in [-0.25, -0.2) is 0 Å². The SMILES string of the molecule is C/C=C(\C=C/Cc1ccccc1)Nc1ccccc1. The van der Waals surface area contributed by atoms with Gasteiger partial charge in [0.15, 0.2) is 0 Å². The second-order valence-corrected chi connectivity index (χ2v) is 4.33. The van der Waals surface area contributed by atoms with Gasteiger partial charge in [0.2, 0.25) is 0 Å². The molecule has 1 heteroatoms. The van der Waals surface area contributed by atoms with Gasteiger partial charge in [0.1, 0.15) is 0 Å². The molecule has 1 nitrogen and oxygen atoms in total. The van der Waals surface area contributed by atoms with E-state index >= 15 is 0 Å². The van der Waals surface area contributed by atoms with Crippen LogP contribution in [0.25, 0.3) is 0 Å². The van der Waals surface area contributed by atoms with E-state index in [0.29, 0.717) is 0 Å². The highest BCUT2D eigenvalue weighted by Gasteiger charge is 1.92. The van der Waals surface area contributed by atoms with Crippen LogP contribution < -0.4 is 5.32 Å². The van der Waals surface area contributed by atoms with Gasteiger partial charge in [0.25, 0.3) is 0 Å². The Morgan fingerprint density at radius 1 is 0.947 bits per heavy atom. The third-order valence-corrected chi connectivity index (χ3v) is 2.87. The Bertz CT molecular complexity index is 538. The maximum atomic E-state index is 3.39. The van der Waals surface area contributed by atoms with Crippen LogP contribution in [0.15, 0.2) is 84.6 Å². The summed E-state index contributed by atoms with van der Waals surface area (Å²) in [4.78, 5) is 0. The lowest BCUT2D eigenvalue weighted by Gasteiger charge is -2.06. The van der Waals surface area contributed by atoms with Crippen LogP contribution >= 0.6 is 0 Å². The molecule has 0 radical (unpaired) electrons. The number of nitrogens with one attached hydrogen (secondary N) is 1. The van der Waals surface area contributed by atoms with Gasteiger partial charge in [-0.1, -0.05) is 60.7 Å². The van der Waals surface area contributed by atoms with E-state index in [2.05, 4.69) is 59.9 Å². The molecule has 19 heavy (non-hydrogen) atoms. The van der Waals surface area contributed by atoms with Crippen LogP contribution in [0, 0.1) is 0 Å². The third kappa shape index (κ3) is 4.47. The van der Waals surface area contributed by atoms with Gasteiger partial charge in [0, 0.05) is 11.4 Å². The molecule has 0 aliphatic heterocycles. The largest absolute Gasteiger partial charge is 0.356 e. The molecule has 0 atom stereocenters. The lowest BCUT2D eigenvalue weighted by Crippen LogP contribution is -1.96. The zero-order valence-electron chi connectivity index (χ0n) is 11.2. The van der Waals surface area contributed by atoms with Gasteiger partial charge in [-0.2, -0.15) is 0 Å². The van der Waals surface area contributed by atoms with Crippen LogP contribution in [0.3, 0.4) is 0 Å². The Kier molecular flexibility index (Phi) is 5.00. The highest BCUT2D eigenvalue weighted by molar-refractivity contribution is 5.50. The lowest BCUT2D eigenvalue weighted by molar-refractivity contribution is 1.26. The molecule has 0 aliphatic carbocycles. The zero-order valence-corrected chi connectivity index (χ0v) is 11.2. The molecule has 0 aromatic heterocycles. The maximum absolute atomic E-state index is 3.39. The first kappa shape index (κ1) is 13.2. The minimum absolute atomic E-state index is 0.953. The van der Waals surface area contributed by atoms with Crippen LogP contribution in [0.5, 0.6) is 0 Å². The second-order valence-electron chi connectivity index (χ2n) is 4.33. The van der Waals surface area contributed by atoms with Crippen LogP contribution in [-0.2, 0) is 6.42 Å². The number of anilines is 1. The third-order valence-electron chi connectivity index (χ3n) is 2.87. The summed E-state index contributed by atoms with van der Waals surface area (Å²) in [7, 11) is 0. The van der Waals surface area contributed by atoms with E-state index in [9.17, 15) is 0 Å². The summed E-state index contributed by atoms with van der Waals surface area (Å²) in [5, 5.41) is 3.39. The van der Waals surface area contributed by atoms with Crippen molar-refractivity contribution in [1.82, 2.24) is 0 Å². The first-order valence-electron chi connectivity index (χ1n) is 6.57. The molecule has 0 heterocycles. The predicted octanol–water partition coefficient (Wildman–Crippen LogP) is 4.80. The molecule has 0 unspecified atom stereocenters. The molecule has 0 aliphatic rings. The van der Waals surface area contributed by atoms with Crippen LogP contribution in [0.2, 0.25) is 0 Å². The fourth-order valence-electron chi connectivity index (χ4n) is 1.83. The van der Waals surface area contributed by atoms with E-state index in [4.69, 9.17) is 0 Å². The Balaban J connectivity index is 1.93. The quantitative estimate of drug-likeness (QED) is 0.750. The average molecular weight is 249 g/mol. The van der Waals surface area contributed by atoms with Crippen molar-refractivity contribution in [2.75, 3.05) is 5.32 Å². The Morgan fingerprint density at radius 3 is 2.21 bits per heavy atom. The Labute approximate surface area is 115 Å². The van der Waals surface area contributed by atoms with Crippen molar-refractivity contribution in [3.05, 3.63) is 90.2 Å². The molecule has 2 aromatic carbocycles. The molecule has 1 N–H and O–H groups in total. The fraction of sp³-hybridized carbons (Fsp3) is 0.111. The summed E-state index contributed by atoms with van der Waals surface area (Å²) < 4.78 is 0. The number of para-hydroxylation sites is 1. The maximum Gasteiger partial charge on any atom is 0.0384 e. The average Bonchev–Trinajstić information content (AvgIpc) is 2.48. The number of benzene rings is 2. The minimum atomic E-state index is 0.953. The van der Waals surface area contributed by atoms with Crippen molar-refractivity contribution >= 4 is 5.69 Å². The highest BCUT2D eigenvalue weighted by atomic mass is 14.9. The summed E-state index contributed by atoms with van der Waals surface area (Å²) in [5.41, 5.74) is 3.55. The van der Waals surface area contributed by atoms with E-state index in [1.807, 2.05) is 31.2 Å². The van der Waals surface area contributed by atoms with Gasteiger partial charge in [-0.05, 0) is 37.1 Å². The molecule has 2 rings (SSSR count). The summed E-state index contributed by atoms with van der Waals surface area (Å²) in [5.74, 6) is 0. The Morgan fingerprint density at radius 2 is 1.58 bits per heavy atom. The first-order valence-corrected chi connectivity index (χ1v) is 6.57. The summed E-state index contributed by atoms with van der Waals surface area (Å²) in [6, 6.07) is 20.7. The van der Waals surface area contributed by atoms with Gasteiger partial charge < -0.3 is 5.32 Å². The predicted molar refractivity (Wildman–Crippen MR) is 83.1 cm³/mol. The standard InChI is InChI=1S/C18H19N/c1-2-17(19-18-13-7-4-8-14-18)15-9-12-16-10-5-3-6-11-16/h2-11,13-15,19H,12H2,1H3/b15-9-,17-2+. The van der Waals surface area contributed by atoms with Crippen molar-refractivity contribution in [2.24, 2.45) is 0 Å². The molecule has 0 saturated heterocycles. The molecule has 0 bridgehead atoms. The molecule has 0 fully saturated rings. The van der Waals surface area contributed by atoms with Crippen LogP contribution in [0.4, 0.5) is 5.69 Å². The molecule has 2 aromatic rings. The highest BCUT2D eigenvalue weighted by Crippen LogP contribution is 2.10. The molecule has 0 amide bonds. The Hall–Kier alpha value is -2.28. The van der Waals surface area contributed by atoms with Crippen molar-refractivity contribution in [3.63, 3.8) is 0 Å². The zero-order chi connectivity index (χ0) is 13.3. The molecular weight excluding hydrogens is 230 g/mol. The molecule has 96 valence electrons. The van der Waals surface area contributed by atoms with Crippen LogP contribution in [0.1, 0.15) is 12.5 Å². The fourth-order valence-corrected chi connectivity index (χ4v) is 1.83. The van der Waals surface area contributed by atoms with E-state index < -0.39 is 0 Å². The van der Waals surface area contributed by atoms with Crippen molar-refractivity contribution in [3.8, 4) is 0 Å². The number of hydrogen-bond acceptors (Lipinski definition) is 1. The number of hydrogen-bond donors (Lipinski definition) is 1. The lowest BCUT2D eigenvalue weighted by atomic mass is 10.1. The van der Waals surface area contributed by atoms with Gasteiger partial charge in [0.05, 0.1) is 0 Å². The second kappa shape index (κ2) is 7.22. The van der Waals surface area contributed by atoms with E-state index in [0.717, 1.165) is 17.8 Å². The molecule has 0 saturated carbocycles. The topological polar surface area (TPSA) is 12.0 Å². The number of allylic oxidation sites excluding steroid dienone is 3. The van der Waals surface area contributed by atoms with E-state index in [1.54, 1.807) is 0 Å². The minimum Gasteiger partial charge on any atom is -0.356 e. The monoisotopic (exact) mass is 249 g/mol. The first-order chi connectivity index (χ1) is 9.38. The van der Waals surface area contributed by atoms with Gasteiger partial charge in [-0.15, -0.1) is 0 Å². The summed E-state index contributed by atoms with van der Waals surface area (Å²) in [6.45, 7) is 2.04. The van der Waals surface area contributed by atoms with E-state index in [-0.39, 0.29) is 0 Å². The molecular formula is C18H19N. The van der Waals surface area contributed by atoms with Crippen molar-refractivity contribution in [2.45, 2.75) is 13.3 Å². The van der Waals surface area contributed by atoms with Crippen LogP contribution in [-0.4, -0.2) is 0 Å². The van der Waals surface area contributed by atoms with Gasteiger partial charge in [-0.3, -0.25) is 0 Å².